The third kappa shape index (κ3) is 18.1. The predicted octanol–water partition coefficient (Wildman–Crippen LogP) is 11.3. The van der Waals surface area contributed by atoms with Crippen LogP contribution in [0, 0.1) is 0 Å². The summed E-state index contributed by atoms with van der Waals surface area (Å²) < 4.78 is 79.7. The van der Waals surface area contributed by atoms with Crippen LogP contribution in [0.25, 0.3) is 12.2 Å². The van der Waals surface area contributed by atoms with Crippen LogP contribution in [-0.4, -0.2) is 159 Å². The summed E-state index contributed by atoms with van der Waals surface area (Å²) >= 11 is 3.50. The molecule has 9 rings (SSSR count). The zero-order valence-electron chi connectivity index (χ0n) is 52.8. The van der Waals surface area contributed by atoms with Crippen LogP contribution in [0.5, 0.6) is 0 Å². The lowest BCUT2D eigenvalue weighted by atomic mass is 10.1. The van der Waals surface area contributed by atoms with Crippen LogP contribution in [0.15, 0.2) is 131 Å². The molecule has 6 N–H and O–H groups in total. The molecular formula is C61H69N17O12S5. The number of carbonyl (C=O) groups excluding carboxylic acids is 4. The number of amides is 2. The Morgan fingerprint density at radius 1 is 0.558 bits per heavy atom. The van der Waals surface area contributed by atoms with Crippen molar-refractivity contribution in [2.75, 3.05) is 125 Å². The van der Waals surface area contributed by atoms with Gasteiger partial charge in [-0.1, -0.05) is 65.6 Å². The van der Waals surface area contributed by atoms with Gasteiger partial charge in [0, 0.05) is 63.7 Å². The van der Waals surface area contributed by atoms with Gasteiger partial charge in [-0.3, -0.25) is 28.3 Å². The van der Waals surface area contributed by atoms with Gasteiger partial charge < -0.3 is 50.3 Å². The van der Waals surface area contributed by atoms with E-state index in [1.165, 1.54) is 74.2 Å². The molecule has 7 aromatic rings. The van der Waals surface area contributed by atoms with Gasteiger partial charge in [0.2, 0.25) is 22.2 Å². The van der Waals surface area contributed by atoms with E-state index in [0.717, 1.165) is 46.2 Å². The van der Waals surface area contributed by atoms with Gasteiger partial charge in [0.05, 0.1) is 70.1 Å². The molecule has 0 radical (unpaired) electrons. The molecule has 29 nitrogen and oxygen atoms in total. The Kier molecular flexibility index (Phi) is 23.7. The van der Waals surface area contributed by atoms with Crippen molar-refractivity contribution in [2.24, 2.45) is 20.5 Å². The van der Waals surface area contributed by atoms with Gasteiger partial charge in [0.25, 0.3) is 32.1 Å². The third-order valence-corrected chi connectivity index (χ3v) is 18.9. The number of aromatic nitrogens is 5. The molecule has 0 saturated carbocycles. The number of thiazole rings is 2. The molecule has 2 amide bonds. The molecule has 5 heterocycles. The van der Waals surface area contributed by atoms with E-state index in [9.17, 15) is 45.1 Å². The third-order valence-electron chi connectivity index (χ3n) is 14.6. The number of hydrogen-bond acceptors (Lipinski definition) is 28. The maximum atomic E-state index is 13.8. The average molecular weight is 1390 g/mol. The van der Waals surface area contributed by atoms with Gasteiger partial charge in [-0.05, 0) is 120 Å². The van der Waals surface area contributed by atoms with Crippen molar-refractivity contribution in [3.63, 3.8) is 0 Å². The zero-order valence-corrected chi connectivity index (χ0v) is 56.8. The number of hydrogen-bond donors (Lipinski definition) is 6. The molecule has 2 aliphatic rings. The molecule has 95 heavy (non-hydrogen) atoms. The van der Waals surface area contributed by atoms with Gasteiger partial charge in [0.15, 0.2) is 16.7 Å². The first-order valence-electron chi connectivity index (χ1n) is 30.0. The van der Waals surface area contributed by atoms with Crippen molar-refractivity contribution in [3.05, 3.63) is 106 Å². The number of morpholine rings is 2. The summed E-state index contributed by atoms with van der Waals surface area (Å²) in [5, 5.41) is 31.0. The van der Waals surface area contributed by atoms with Crippen LogP contribution in [0.2, 0.25) is 0 Å². The molecule has 0 unspecified atom stereocenters. The van der Waals surface area contributed by atoms with Crippen LogP contribution in [0.1, 0.15) is 58.2 Å². The first-order chi connectivity index (χ1) is 45.6. The van der Waals surface area contributed by atoms with Crippen molar-refractivity contribution in [2.45, 2.75) is 63.4 Å². The highest BCUT2D eigenvalue weighted by Crippen LogP contribution is 2.41. The standard InChI is InChI=1S/C61H69N17O12S5/c1-8-75(9-2)39-21-23-43(71-73-60-66-53(77-25-29-89-30-26-77)49(92-60)35-41(37(6)79)55(81)62-45-17-13-15-19-51(45)94(83,84)85)47(33-39)64-57-68-58(70-59(69-57)91-12-5)65-48-34-40(76(10-3)11-4)22-24-44(48)72-74-61-67-54(78-27-31-90-32-28-78)50(93-61)36-42(38(7)80)56(82)63-46-18-14-16-20-52(46)95(86,87)88/h13-24,33-36H,8-12,25-32H2,1-7H3,(H,62,81)(H,63,82)(H,83,84,85)(H,86,87,88)(H2,64,65,68,69,70)/b41-35-,42-36+,73-71+,74-72+. The molecule has 0 atom stereocenters. The predicted molar refractivity (Wildman–Crippen MR) is 369 cm³/mol. The number of para-hydroxylation sites is 2. The average Bonchev–Trinajstić information content (AvgIpc) is 1.81. The fraction of sp³-hybridized carbons (Fsp3) is 0.328. The Hall–Kier alpha value is -9.00. The van der Waals surface area contributed by atoms with Gasteiger partial charge in [0.1, 0.15) is 32.8 Å². The Morgan fingerprint density at radius 2 is 0.947 bits per heavy atom. The molecule has 0 bridgehead atoms. The van der Waals surface area contributed by atoms with Crippen LogP contribution < -0.4 is 40.9 Å². The van der Waals surface area contributed by atoms with Crippen molar-refractivity contribution in [1.29, 1.82) is 0 Å². The second kappa shape index (κ2) is 32.0. The number of benzene rings is 4. The molecule has 2 aliphatic heterocycles. The molecule has 4 aromatic carbocycles. The number of thioether (sulfide) groups is 1. The van der Waals surface area contributed by atoms with Crippen molar-refractivity contribution >= 4 is 169 Å². The lowest BCUT2D eigenvalue weighted by molar-refractivity contribution is -0.120. The number of azo groups is 2. The van der Waals surface area contributed by atoms with E-state index >= 15 is 0 Å². The first kappa shape index (κ1) is 70.3. The highest BCUT2D eigenvalue weighted by molar-refractivity contribution is 7.99. The summed E-state index contributed by atoms with van der Waals surface area (Å²) in [5.41, 5.74) is 2.24. The Balaban J connectivity index is 1.06. The molecule has 500 valence electrons. The Bertz CT molecular complexity index is 4080. The van der Waals surface area contributed by atoms with E-state index < -0.39 is 53.4 Å². The van der Waals surface area contributed by atoms with E-state index in [2.05, 4.69) is 41.3 Å². The zero-order chi connectivity index (χ0) is 68.0. The number of ketones is 2. The van der Waals surface area contributed by atoms with E-state index in [1.54, 1.807) is 12.1 Å². The Morgan fingerprint density at radius 3 is 1.31 bits per heavy atom. The molecule has 0 spiro atoms. The van der Waals surface area contributed by atoms with Gasteiger partial charge >= 0.3 is 0 Å². The number of anilines is 10. The highest BCUT2D eigenvalue weighted by atomic mass is 32.2. The SMILES string of the molecule is CCSc1nc(Nc2cc(N(CC)CC)ccc2/N=N/c2nc(N3CCOCC3)c(/C=C(/C(C)=O)C(=O)Nc3ccccc3S(=O)(=O)O)s2)nc(Nc2cc(N(CC)CC)ccc2/N=N/c2nc(N3CCOCC3)c(/C=C(\C(C)=O)C(=O)Nc3ccccc3S(=O)(=O)O)s2)n1. The maximum Gasteiger partial charge on any atom is 0.296 e. The van der Waals surface area contributed by atoms with E-state index in [4.69, 9.17) is 44.6 Å². The van der Waals surface area contributed by atoms with E-state index in [1.807, 2.05) is 68.7 Å². The number of rotatable bonds is 28. The number of nitrogens with one attached hydrogen (secondary N) is 4. The number of Topliss-reactive ketones (excluding diaryl/α,β-unsaturated/α-hetero) is 2. The number of nitrogens with zero attached hydrogens (tertiary/aromatic N) is 13. The summed E-state index contributed by atoms with van der Waals surface area (Å²) in [4.78, 5) is 86.0. The van der Waals surface area contributed by atoms with E-state index in [-0.39, 0.29) is 44.7 Å². The summed E-state index contributed by atoms with van der Waals surface area (Å²) in [6.45, 7) is 18.5. The summed E-state index contributed by atoms with van der Waals surface area (Å²) in [6.07, 6.45) is 2.73. The number of ether oxygens (including phenoxy) is 2. The highest BCUT2D eigenvalue weighted by Gasteiger charge is 2.28. The minimum absolute atomic E-state index is 0.139. The molecular weight excluding hydrogens is 1320 g/mol. The largest absolute Gasteiger partial charge is 0.378 e. The van der Waals surface area contributed by atoms with E-state index in [0.29, 0.717) is 134 Å². The first-order valence-corrected chi connectivity index (χ1v) is 35.5. The lowest BCUT2D eigenvalue weighted by Crippen LogP contribution is -2.36. The molecule has 34 heteroatoms. The molecule has 0 aliphatic carbocycles. The van der Waals surface area contributed by atoms with Gasteiger partial charge in [-0.25, -0.2) is 0 Å². The van der Waals surface area contributed by atoms with Crippen LogP contribution in [0.3, 0.4) is 0 Å². The fourth-order valence-electron chi connectivity index (χ4n) is 9.88. The van der Waals surface area contributed by atoms with Crippen molar-refractivity contribution < 1.29 is 54.6 Å². The maximum absolute atomic E-state index is 13.8. The molecule has 2 saturated heterocycles. The second-order valence-electron chi connectivity index (χ2n) is 20.7. The summed E-state index contributed by atoms with van der Waals surface area (Å²) in [7, 11) is -9.48. The lowest BCUT2D eigenvalue weighted by Gasteiger charge is -2.27. The number of carbonyl (C=O) groups is 4. The minimum atomic E-state index is -4.74. The smallest absolute Gasteiger partial charge is 0.296 e. The van der Waals surface area contributed by atoms with Crippen LogP contribution in [0.4, 0.5) is 79.3 Å². The second-order valence-corrected chi connectivity index (χ2v) is 26.8. The summed E-state index contributed by atoms with van der Waals surface area (Å²) in [5.74, 6) is -1.41. The minimum Gasteiger partial charge on any atom is -0.378 e. The Labute approximate surface area is 560 Å². The molecule has 2 fully saturated rings. The molecule has 3 aromatic heterocycles. The van der Waals surface area contributed by atoms with Crippen LogP contribution >= 0.6 is 34.4 Å². The van der Waals surface area contributed by atoms with Crippen molar-refractivity contribution in [1.82, 2.24) is 24.9 Å². The normalized spacial score (nSPS) is 14.1. The summed E-state index contributed by atoms with van der Waals surface area (Å²) in [6, 6.07) is 21.7. The topological polar surface area (TPSA) is 370 Å². The monoisotopic (exact) mass is 1390 g/mol. The quantitative estimate of drug-likeness (QED) is 0.00662. The van der Waals surface area contributed by atoms with Crippen LogP contribution in [-0.2, 0) is 48.9 Å². The fourth-order valence-corrected chi connectivity index (χ4v) is 13.4. The van der Waals surface area contributed by atoms with Gasteiger partial charge in [-0.15, -0.1) is 20.5 Å². The van der Waals surface area contributed by atoms with Gasteiger partial charge in [-0.2, -0.15) is 41.8 Å². The van der Waals surface area contributed by atoms with Crippen molar-refractivity contribution in [3.8, 4) is 0 Å².